The van der Waals surface area contributed by atoms with E-state index in [2.05, 4.69) is 4.72 Å². The van der Waals surface area contributed by atoms with Crippen LogP contribution >= 0.6 is 11.6 Å². The van der Waals surface area contributed by atoms with Crippen LogP contribution in [0.4, 0.5) is 0 Å². The molecule has 2 N–H and O–H groups in total. The van der Waals surface area contributed by atoms with Crippen molar-refractivity contribution in [2.75, 3.05) is 13.2 Å². The molecular formula is C13H18ClNO4S. The third-order valence-corrected chi connectivity index (χ3v) is 5.41. The molecule has 0 spiro atoms. The molecule has 1 heterocycles. The Kier molecular flexibility index (Phi) is 4.71. The first-order valence-electron chi connectivity index (χ1n) is 6.37. The van der Waals surface area contributed by atoms with Crippen LogP contribution in [0.5, 0.6) is 0 Å². The second-order valence-corrected chi connectivity index (χ2v) is 7.30. The van der Waals surface area contributed by atoms with Gasteiger partial charge in [-0.25, -0.2) is 13.1 Å². The molecule has 1 atom stereocenters. The summed E-state index contributed by atoms with van der Waals surface area (Å²) < 4.78 is 32.9. The average Bonchev–Trinajstić information content (AvgIpc) is 2.38. The Morgan fingerprint density at radius 2 is 2.25 bits per heavy atom. The number of ether oxygens (including phenoxy) is 1. The standard InChI is InChI=1S/C13H18ClNO4S/c1-13(5-2-6-19-9-13)15-20(17,18)12-7-10(8-16)3-4-11(12)14/h3-4,7,15-16H,2,5-6,8-9H2,1H3. The van der Waals surface area contributed by atoms with Gasteiger partial charge in [-0.15, -0.1) is 0 Å². The van der Waals surface area contributed by atoms with E-state index in [1.165, 1.54) is 12.1 Å². The van der Waals surface area contributed by atoms with Crippen LogP contribution in [0, 0.1) is 0 Å². The van der Waals surface area contributed by atoms with E-state index in [0.717, 1.165) is 6.42 Å². The summed E-state index contributed by atoms with van der Waals surface area (Å²) in [5.41, 5.74) is -0.129. The second kappa shape index (κ2) is 5.99. The number of sulfonamides is 1. The van der Waals surface area contributed by atoms with Crippen molar-refractivity contribution in [3.8, 4) is 0 Å². The summed E-state index contributed by atoms with van der Waals surface area (Å²) in [5.74, 6) is 0. The number of hydrogen-bond acceptors (Lipinski definition) is 4. The lowest BCUT2D eigenvalue weighted by molar-refractivity contribution is 0.0386. The van der Waals surface area contributed by atoms with Crippen LogP contribution in [-0.2, 0) is 21.4 Å². The number of benzene rings is 1. The molecule has 0 aromatic heterocycles. The van der Waals surface area contributed by atoms with Gasteiger partial charge in [0.05, 0.1) is 23.8 Å². The maximum atomic E-state index is 12.5. The highest BCUT2D eigenvalue weighted by Crippen LogP contribution is 2.26. The fourth-order valence-electron chi connectivity index (χ4n) is 2.25. The van der Waals surface area contributed by atoms with Crippen LogP contribution in [0.25, 0.3) is 0 Å². The number of aliphatic hydroxyl groups is 1. The van der Waals surface area contributed by atoms with E-state index in [4.69, 9.17) is 21.4 Å². The first-order valence-corrected chi connectivity index (χ1v) is 8.23. The highest BCUT2D eigenvalue weighted by atomic mass is 35.5. The minimum absolute atomic E-state index is 0.0162. The molecule has 7 heteroatoms. The molecule has 0 aliphatic carbocycles. The van der Waals surface area contributed by atoms with Gasteiger partial charge >= 0.3 is 0 Å². The van der Waals surface area contributed by atoms with Crippen LogP contribution in [0.2, 0.25) is 5.02 Å². The Labute approximate surface area is 124 Å². The zero-order valence-electron chi connectivity index (χ0n) is 11.2. The van der Waals surface area contributed by atoms with E-state index >= 15 is 0 Å². The molecule has 1 aromatic rings. The molecule has 20 heavy (non-hydrogen) atoms. The lowest BCUT2D eigenvalue weighted by Crippen LogP contribution is -2.51. The van der Waals surface area contributed by atoms with Gasteiger partial charge in [0.25, 0.3) is 0 Å². The van der Waals surface area contributed by atoms with Crippen molar-refractivity contribution in [2.45, 2.75) is 36.8 Å². The quantitative estimate of drug-likeness (QED) is 0.885. The third kappa shape index (κ3) is 3.51. The van der Waals surface area contributed by atoms with Gasteiger partial charge in [0, 0.05) is 6.61 Å². The van der Waals surface area contributed by atoms with Gasteiger partial charge in [-0.2, -0.15) is 0 Å². The summed E-state index contributed by atoms with van der Waals surface area (Å²) in [5, 5.41) is 9.25. The van der Waals surface area contributed by atoms with Crippen LogP contribution in [-0.4, -0.2) is 32.3 Å². The lowest BCUT2D eigenvalue weighted by Gasteiger charge is -2.34. The number of aliphatic hydroxyl groups excluding tert-OH is 1. The summed E-state index contributed by atoms with van der Waals surface area (Å²) >= 11 is 5.97. The molecule has 1 aliphatic heterocycles. The predicted molar refractivity (Wildman–Crippen MR) is 76.2 cm³/mol. The van der Waals surface area contributed by atoms with Gasteiger partial charge in [-0.3, -0.25) is 0 Å². The molecular weight excluding hydrogens is 302 g/mol. The van der Waals surface area contributed by atoms with Crippen molar-refractivity contribution in [1.82, 2.24) is 4.72 Å². The monoisotopic (exact) mass is 319 g/mol. The SMILES string of the molecule is CC1(NS(=O)(=O)c2cc(CO)ccc2Cl)CCCOC1. The number of rotatable bonds is 4. The highest BCUT2D eigenvalue weighted by Gasteiger charge is 2.33. The van der Waals surface area contributed by atoms with Crippen molar-refractivity contribution in [2.24, 2.45) is 0 Å². The fraction of sp³-hybridized carbons (Fsp3) is 0.538. The van der Waals surface area contributed by atoms with Crippen molar-refractivity contribution in [1.29, 1.82) is 0 Å². The van der Waals surface area contributed by atoms with Crippen molar-refractivity contribution >= 4 is 21.6 Å². The summed E-state index contributed by atoms with van der Waals surface area (Å²) in [6.45, 7) is 2.56. The molecule has 1 unspecified atom stereocenters. The second-order valence-electron chi connectivity index (χ2n) is 5.25. The predicted octanol–water partition coefficient (Wildman–Crippen LogP) is 1.68. The average molecular weight is 320 g/mol. The summed E-state index contributed by atoms with van der Waals surface area (Å²) in [7, 11) is -3.75. The van der Waals surface area contributed by atoms with Crippen molar-refractivity contribution in [3.63, 3.8) is 0 Å². The fourth-order valence-corrected chi connectivity index (χ4v) is 4.22. The smallest absolute Gasteiger partial charge is 0.242 e. The molecule has 1 fully saturated rings. The number of nitrogens with one attached hydrogen (secondary N) is 1. The topological polar surface area (TPSA) is 75.6 Å². The Bertz CT molecular complexity index is 582. The number of halogens is 1. The van der Waals surface area contributed by atoms with Gasteiger partial charge in [-0.05, 0) is 37.5 Å². The van der Waals surface area contributed by atoms with Gasteiger partial charge in [0.2, 0.25) is 10.0 Å². The largest absolute Gasteiger partial charge is 0.392 e. The minimum Gasteiger partial charge on any atom is -0.392 e. The third-order valence-electron chi connectivity index (χ3n) is 3.29. The highest BCUT2D eigenvalue weighted by molar-refractivity contribution is 7.89. The van der Waals surface area contributed by atoms with Gasteiger partial charge < -0.3 is 9.84 Å². The van der Waals surface area contributed by atoms with Crippen LogP contribution in [0.3, 0.4) is 0 Å². The zero-order valence-corrected chi connectivity index (χ0v) is 12.8. The van der Waals surface area contributed by atoms with Crippen molar-refractivity contribution < 1.29 is 18.3 Å². The molecule has 1 saturated heterocycles. The maximum absolute atomic E-state index is 12.5. The summed E-state index contributed by atoms with van der Waals surface area (Å²) in [6.07, 6.45) is 1.52. The molecule has 0 saturated carbocycles. The van der Waals surface area contributed by atoms with Gasteiger partial charge in [0.15, 0.2) is 0 Å². The van der Waals surface area contributed by atoms with E-state index in [-0.39, 0.29) is 16.5 Å². The van der Waals surface area contributed by atoms with Crippen molar-refractivity contribution in [3.05, 3.63) is 28.8 Å². The van der Waals surface area contributed by atoms with E-state index < -0.39 is 15.6 Å². The Morgan fingerprint density at radius 1 is 1.50 bits per heavy atom. The number of hydrogen-bond donors (Lipinski definition) is 2. The maximum Gasteiger partial charge on any atom is 0.242 e. The summed E-state index contributed by atoms with van der Waals surface area (Å²) in [4.78, 5) is -0.0162. The first kappa shape index (κ1) is 15.7. The summed E-state index contributed by atoms with van der Waals surface area (Å²) in [6, 6.07) is 4.45. The van der Waals surface area contributed by atoms with E-state index in [1.54, 1.807) is 6.07 Å². The molecule has 5 nitrogen and oxygen atoms in total. The van der Waals surface area contributed by atoms with Crippen LogP contribution in [0.1, 0.15) is 25.3 Å². The van der Waals surface area contributed by atoms with E-state index in [0.29, 0.717) is 25.2 Å². The lowest BCUT2D eigenvalue weighted by atomic mass is 9.97. The van der Waals surface area contributed by atoms with Gasteiger partial charge in [-0.1, -0.05) is 17.7 Å². The molecule has 0 amide bonds. The van der Waals surface area contributed by atoms with E-state index in [1.807, 2.05) is 6.92 Å². The molecule has 112 valence electrons. The molecule has 2 rings (SSSR count). The molecule has 1 aromatic carbocycles. The Hall–Kier alpha value is -0.660. The zero-order chi connectivity index (χ0) is 14.8. The molecule has 1 aliphatic rings. The normalized spacial score (nSPS) is 23.8. The molecule has 0 bridgehead atoms. The minimum atomic E-state index is -3.75. The van der Waals surface area contributed by atoms with Gasteiger partial charge in [0.1, 0.15) is 4.90 Å². The Morgan fingerprint density at radius 3 is 2.85 bits per heavy atom. The van der Waals surface area contributed by atoms with Crippen LogP contribution < -0.4 is 4.72 Å². The van der Waals surface area contributed by atoms with Crippen LogP contribution in [0.15, 0.2) is 23.1 Å². The van der Waals surface area contributed by atoms with E-state index in [9.17, 15) is 8.42 Å². The molecule has 0 radical (unpaired) electrons. The first-order chi connectivity index (χ1) is 9.36. The Balaban J connectivity index is 2.30.